The van der Waals surface area contributed by atoms with Crippen molar-refractivity contribution in [2.24, 2.45) is 17.8 Å². The van der Waals surface area contributed by atoms with Crippen LogP contribution in [0.2, 0.25) is 0 Å². The summed E-state index contributed by atoms with van der Waals surface area (Å²) in [6.07, 6.45) is 10.7. The molecule has 56 valence electrons. The Hall–Kier alpha value is -0.260. The molecule has 0 nitrogen and oxygen atoms in total. The number of allylic oxidation sites excluding steroid dienone is 2. The minimum Gasteiger partial charge on any atom is -0.0851 e. The normalized spacial score (nSPS) is 44.3. The Kier molecular flexibility index (Phi) is 1.55. The largest absolute Gasteiger partial charge is 0.0851 e. The van der Waals surface area contributed by atoms with Crippen molar-refractivity contribution in [3.05, 3.63) is 12.2 Å². The van der Waals surface area contributed by atoms with Crippen LogP contribution >= 0.6 is 0 Å². The molecule has 1 unspecified atom stereocenters. The second-order valence-electron chi connectivity index (χ2n) is 3.79. The molecule has 0 saturated heterocycles. The average Bonchev–Trinajstić information content (AvgIpc) is 2.06. The Morgan fingerprint density at radius 3 is 2.50 bits per heavy atom. The lowest BCUT2D eigenvalue weighted by Gasteiger charge is -2.37. The summed E-state index contributed by atoms with van der Waals surface area (Å²) in [5.74, 6) is 2.94. The maximum atomic E-state index is 2.46. The molecule has 1 saturated carbocycles. The summed E-state index contributed by atoms with van der Waals surface area (Å²) in [6.45, 7) is 2.33. The van der Waals surface area contributed by atoms with Crippen molar-refractivity contribution in [3.63, 3.8) is 0 Å². The topological polar surface area (TPSA) is 0 Å². The molecule has 0 aromatic heterocycles. The number of fused-ring (bicyclic) bond motifs is 2. The predicted molar refractivity (Wildman–Crippen MR) is 43.8 cm³/mol. The van der Waals surface area contributed by atoms with Gasteiger partial charge in [-0.25, -0.2) is 0 Å². The Morgan fingerprint density at radius 2 is 2.20 bits per heavy atom. The summed E-state index contributed by atoms with van der Waals surface area (Å²) < 4.78 is 0. The van der Waals surface area contributed by atoms with Crippen molar-refractivity contribution in [2.75, 3.05) is 0 Å². The van der Waals surface area contributed by atoms with Gasteiger partial charge in [0.25, 0.3) is 0 Å². The van der Waals surface area contributed by atoms with Crippen LogP contribution in [-0.4, -0.2) is 0 Å². The van der Waals surface area contributed by atoms with Crippen molar-refractivity contribution in [1.29, 1.82) is 0 Å². The third-order valence-corrected chi connectivity index (χ3v) is 3.24. The van der Waals surface area contributed by atoms with E-state index in [2.05, 4.69) is 19.1 Å². The first-order valence-electron chi connectivity index (χ1n) is 4.58. The van der Waals surface area contributed by atoms with E-state index < -0.39 is 0 Å². The molecule has 3 aliphatic rings. The quantitative estimate of drug-likeness (QED) is 0.486. The highest BCUT2D eigenvalue weighted by Gasteiger charge is 2.29. The molecule has 0 aromatic rings. The lowest BCUT2D eigenvalue weighted by atomic mass is 9.68. The molecule has 0 heterocycles. The molecule has 0 radical (unpaired) electrons. The summed E-state index contributed by atoms with van der Waals surface area (Å²) in [6, 6.07) is 0. The van der Waals surface area contributed by atoms with Gasteiger partial charge in [-0.2, -0.15) is 0 Å². The molecular weight excluding hydrogens is 120 g/mol. The molecule has 3 aliphatic carbocycles. The lowest BCUT2D eigenvalue weighted by Crippen LogP contribution is -2.26. The van der Waals surface area contributed by atoms with Crippen LogP contribution in [-0.2, 0) is 0 Å². The zero-order valence-corrected chi connectivity index (χ0v) is 6.72. The Balaban J connectivity index is 2.11. The summed E-state index contributed by atoms with van der Waals surface area (Å²) in [4.78, 5) is 0. The van der Waals surface area contributed by atoms with E-state index >= 15 is 0 Å². The van der Waals surface area contributed by atoms with Gasteiger partial charge in [0.1, 0.15) is 0 Å². The summed E-state index contributed by atoms with van der Waals surface area (Å²) in [5.41, 5.74) is 0. The van der Waals surface area contributed by atoms with E-state index in [4.69, 9.17) is 0 Å². The third-order valence-electron chi connectivity index (χ3n) is 3.24. The van der Waals surface area contributed by atoms with Crippen LogP contribution in [0.1, 0.15) is 32.6 Å². The highest BCUT2D eigenvalue weighted by molar-refractivity contribution is 5.05. The summed E-state index contributed by atoms with van der Waals surface area (Å²) in [5, 5.41) is 0. The highest BCUT2D eigenvalue weighted by Crippen LogP contribution is 2.41. The lowest BCUT2D eigenvalue weighted by molar-refractivity contribution is 0.215. The summed E-state index contributed by atoms with van der Waals surface area (Å²) >= 11 is 0. The van der Waals surface area contributed by atoms with Gasteiger partial charge in [0.2, 0.25) is 0 Å². The number of hydrogen-bond acceptors (Lipinski definition) is 0. The van der Waals surface area contributed by atoms with Gasteiger partial charge in [0.15, 0.2) is 0 Å². The van der Waals surface area contributed by atoms with Gasteiger partial charge < -0.3 is 0 Å². The second-order valence-corrected chi connectivity index (χ2v) is 3.79. The van der Waals surface area contributed by atoms with Crippen molar-refractivity contribution in [3.8, 4) is 0 Å². The van der Waals surface area contributed by atoms with Crippen LogP contribution in [0.25, 0.3) is 0 Å². The van der Waals surface area contributed by atoms with E-state index in [1.165, 1.54) is 25.7 Å². The van der Waals surface area contributed by atoms with Crippen LogP contribution < -0.4 is 0 Å². The van der Waals surface area contributed by atoms with E-state index in [-0.39, 0.29) is 0 Å². The average molecular weight is 136 g/mol. The van der Waals surface area contributed by atoms with Crippen molar-refractivity contribution in [1.82, 2.24) is 0 Å². The summed E-state index contributed by atoms with van der Waals surface area (Å²) in [7, 11) is 0. The first-order chi connectivity index (χ1) is 4.90. The van der Waals surface area contributed by atoms with Crippen molar-refractivity contribution >= 4 is 0 Å². The fraction of sp³-hybridized carbons (Fsp3) is 0.800. The zero-order chi connectivity index (χ0) is 6.97. The van der Waals surface area contributed by atoms with Gasteiger partial charge >= 0.3 is 0 Å². The molecular formula is C10H16. The minimum absolute atomic E-state index is 0.954. The fourth-order valence-electron chi connectivity index (χ4n) is 2.52. The first kappa shape index (κ1) is 6.45. The number of rotatable bonds is 1. The monoisotopic (exact) mass is 136 g/mol. The van der Waals surface area contributed by atoms with Gasteiger partial charge in [-0.3, -0.25) is 0 Å². The Labute approximate surface area is 63.3 Å². The zero-order valence-electron chi connectivity index (χ0n) is 6.72. The first-order valence-corrected chi connectivity index (χ1v) is 4.58. The van der Waals surface area contributed by atoms with Crippen LogP contribution in [0.3, 0.4) is 0 Å². The Morgan fingerprint density at radius 1 is 1.30 bits per heavy atom. The van der Waals surface area contributed by atoms with E-state index in [1.54, 1.807) is 0 Å². The fourth-order valence-corrected chi connectivity index (χ4v) is 2.52. The predicted octanol–water partition coefficient (Wildman–Crippen LogP) is 3.00. The molecule has 0 spiro atoms. The molecule has 2 bridgehead atoms. The molecule has 1 fully saturated rings. The smallest absolute Gasteiger partial charge is 0.0205 e. The van der Waals surface area contributed by atoms with Crippen LogP contribution in [0, 0.1) is 17.8 Å². The van der Waals surface area contributed by atoms with E-state index in [0.717, 1.165) is 17.8 Å². The SMILES string of the molecule is CCC1C[C@H]2C=C[C@@H]1CC2. The van der Waals surface area contributed by atoms with Gasteiger partial charge in [-0.1, -0.05) is 25.5 Å². The minimum atomic E-state index is 0.954. The molecule has 3 atom stereocenters. The van der Waals surface area contributed by atoms with Crippen LogP contribution in [0.5, 0.6) is 0 Å². The molecule has 0 aromatic carbocycles. The number of hydrogen-bond donors (Lipinski definition) is 0. The molecule has 0 amide bonds. The van der Waals surface area contributed by atoms with E-state index in [9.17, 15) is 0 Å². The van der Waals surface area contributed by atoms with Gasteiger partial charge in [-0.15, -0.1) is 0 Å². The highest BCUT2D eigenvalue weighted by atomic mass is 14.3. The van der Waals surface area contributed by atoms with Gasteiger partial charge in [-0.05, 0) is 37.0 Å². The maximum Gasteiger partial charge on any atom is -0.0205 e. The molecule has 0 heteroatoms. The Bertz CT molecular complexity index is 146. The van der Waals surface area contributed by atoms with Crippen LogP contribution in [0.4, 0.5) is 0 Å². The second kappa shape index (κ2) is 2.41. The van der Waals surface area contributed by atoms with Crippen molar-refractivity contribution in [2.45, 2.75) is 32.6 Å². The molecule has 0 aliphatic heterocycles. The molecule has 3 rings (SSSR count). The standard InChI is InChI=1S/C10H16/c1-2-9-7-8-3-5-10(9)6-4-8/h3,5,8-10H,2,4,6-7H2,1H3/t8-,9?,10+/m0/s1. The van der Waals surface area contributed by atoms with Gasteiger partial charge in [0, 0.05) is 0 Å². The van der Waals surface area contributed by atoms with Gasteiger partial charge in [0.05, 0.1) is 0 Å². The molecule has 0 N–H and O–H groups in total. The van der Waals surface area contributed by atoms with Crippen LogP contribution in [0.15, 0.2) is 12.2 Å². The van der Waals surface area contributed by atoms with Crippen molar-refractivity contribution < 1.29 is 0 Å². The van der Waals surface area contributed by atoms with E-state index in [1.807, 2.05) is 0 Å². The van der Waals surface area contributed by atoms with E-state index in [0.29, 0.717) is 0 Å². The maximum absolute atomic E-state index is 2.46. The third kappa shape index (κ3) is 0.902. The molecule has 10 heavy (non-hydrogen) atoms.